The van der Waals surface area contributed by atoms with Crippen LogP contribution in [0.4, 0.5) is 13.2 Å². The van der Waals surface area contributed by atoms with E-state index in [0.717, 1.165) is 12.8 Å². The third-order valence-electron chi connectivity index (χ3n) is 5.31. The third-order valence-corrected chi connectivity index (χ3v) is 5.31. The monoisotopic (exact) mass is 334 g/mol. The molecule has 0 aromatic heterocycles. The Morgan fingerprint density at radius 2 is 1.70 bits per heavy atom. The standard InChI is InChI=1S/C18H29F3O2/c1-3-4-5-10-23-12-6-7-13(15(19)11-12)14-8-9-16(22-2)18(21)17(14)20/h4-5,12-18H,3,6-11H2,1-2H3. The number of allylic oxidation sites excluding steroid dienone is 1. The van der Waals surface area contributed by atoms with E-state index in [-0.39, 0.29) is 6.10 Å². The first-order valence-corrected chi connectivity index (χ1v) is 8.80. The topological polar surface area (TPSA) is 18.5 Å². The van der Waals surface area contributed by atoms with E-state index in [1.165, 1.54) is 7.11 Å². The largest absolute Gasteiger partial charge is 0.378 e. The van der Waals surface area contributed by atoms with Gasteiger partial charge in [-0.25, -0.2) is 13.2 Å². The normalized spacial score (nSPS) is 42.2. The van der Waals surface area contributed by atoms with Crippen molar-refractivity contribution >= 4 is 0 Å². The molecule has 0 spiro atoms. The van der Waals surface area contributed by atoms with Crippen LogP contribution in [0.15, 0.2) is 12.2 Å². The summed E-state index contributed by atoms with van der Waals surface area (Å²) in [4.78, 5) is 0. The van der Waals surface area contributed by atoms with Crippen molar-refractivity contribution in [3.05, 3.63) is 12.2 Å². The predicted molar refractivity (Wildman–Crippen MR) is 84.7 cm³/mol. The molecule has 0 aromatic rings. The Labute approximate surface area is 137 Å². The van der Waals surface area contributed by atoms with Crippen molar-refractivity contribution in [1.82, 2.24) is 0 Å². The number of rotatable bonds is 6. The maximum Gasteiger partial charge on any atom is 0.157 e. The van der Waals surface area contributed by atoms with Crippen LogP contribution in [0.5, 0.6) is 0 Å². The Balaban J connectivity index is 1.85. The van der Waals surface area contributed by atoms with Crippen molar-refractivity contribution in [3.8, 4) is 0 Å². The Morgan fingerprint density at radius 1 is 0.957 bits per heavy atom. The number of ether oxygens (including phenoxy) is 2. The molecule has 0 aromatic carbocycles. The smallest absolute Gasteiger partial charge is 0.157 e. The first kappa shape index (κ1) is 18.8. The van der Waals surface area contributed by atoms with Crippen LogP contribution < -0.4 is 0 Å². The zero-order valence-corrected chi connectivity index (χ0v) is 14.1. The summed E-state index contributed by atoms with van der Waals surface area (Å²) >= 11 is 0. The molecule has 2 rings (SSSR count). The van der Waals surface area contributed by atoms with Crippen molar-refractivity contribution in [2.75, 3.05) is 13.7 Å². The molecule has 2 aliphatic rings. The van der Waals surface area contributed by atoms with Crippen molar-refractivity contribution in [2.45, 2.75) is 76.2 Å². The molecule has 2 fully saturated rings. The minimum Gasteiger partial charge on any atom is -0.378 e. The van der Waals surface area contributed by atoms with Gasteiger partial charge >= 0.3 is 0 Å². The van der Waals surface area contributed by atoms with Gasteiger partial charge in [0.1, 0.15) is 12.3 Å². The minimum atomic E-state index is -1.64. The van der Waals surface area contributed by atoms with Gasteiger partial charge in [-0.15, -0.1) is 0 Å². The Bertz CT molecular complexity index is 377. The third kappa shape index (κ3) is 4.72. The van der Waals surface area contributed by atoms with Gasteiger partial charge in [0.05, 0.1) is 18.8 Å². The molecule has 5 heteroatoms. The average molecular weight is 334 g/mol. The Hall–Kier alpha value is -0.550. The molecule has 0 radical (unpaired) electrons. The van der Waals surface area contributed by atoms with E-state index in [1.807, 2.05) is 19.1 Å². The molecule has 2 aliphatic carbocycles. The summed E-state index contributed by atoms with van der Waals surface area (Å²) in [6.45, 7) is 2.54. The van der Waals surface area contributed by atoms with Crippen molar-refractivity contribution in [3.63, 3.8) is 0 Å². The molecule has 2 saturated carbocycles. The van der Waals surface area contributed by atoms with Gasteiger partial charge in [0.15, 0.2) is 6.17 Å². The summed E-state index contributed by atoms with van der Waals surface area (Å²) in [5.74, 6) is -0.931. The highest BCUT2D eigenvalue weighted by Crippen LogP contribution is 2.43. The van der Waals surface area contributed by atoms with Crippen LogP contribution in [0.3, 0.4) is 0 Å². The van der Waals surface area contributed by atoms with Gasteiger partial charge in [-0.05, 0) is 43.9 Å². The van der Waals surface area contributed by atoms with Crippen LogP contribution in [-0.4, -0.2) is 44.4 Å². The maximum absolute atomic E-state index is 14.5. The zero-order valence-electron chi connectivity index (χ0n) is 14.1. The highest BCUT2D eigenvalue weighted by Gasteiger charge is 2.47. The lowest BCUT2D eigenvalue weighted by atomic mass is 9.70. The van der Waals surface area contributed by atoms with Gasteiger partial charge in [-0.2, -0.15) is 0 Å². The van der Waals surface area contributed by atoms with E-state index in [2.05, 4.69) is 0 Å². The van der Waals surface area contributed by atoms with Crippen LogP contribution in [0.1, 0.15) is 45.4 Å². The van der Waals surface area contributed by atoms with Gasteiger partial charge in [-0.1, -0.05) is 19.1 Å². The summed E-state index contributed by atoms with van der Waals surface area (Å²) in [5, 5.41) is 0. The second kappa shape index (κ2) is 9.07. The fraction of sp³-hybridized carbons (Fsp3) is 0.889. The van der Waals surface area contributed by atoms with Gasteiger partial charge in [0.2, 0.25) is 0 Å². The summed E-state index contributed by atoms with van der Waals surface area (Å²) in [6.07, 6.45) is 2.27. The van der Waals surface area contributed by atoms with Gasteiger partial charge in [-0.3, -0.25) is 0 Å². The van der Waals surface area contributed by atoms with Crippen molar-refractivity contribution < 1.29 is 22.6 Å². The average Bonchev–Trinajstić information content (AvgIpc) is 2.55. The second-order valence-electron chi connectivity index (χ2n) is 6.73. The predicted octanol–water partition coefficient (Wildman–Crippen LogP) is 4.58. The Morgan fingerprint density at radius 3 is 2.35 bits per heavy atom. The zero-order chi connectivity index (χ0) is 16.8. The van der Waals surface area contributed by atoms with Gasteiger partial charge in [0, 0.05) is 13.5 Å². The quantitative estimate of drug-likeness (QED) is 0.662. The van der Waals surface area contributed by atoms with E-state index >= 15 is 0 Å². The van der Waals surface area contributed by atoms with E-state index in [4.69, 9.17) is 9.47 Å². The second-order valence-corrected chi connectivity index (χ2v) is 6.73. The molecule has 0 saturated heterocycles. The number of methoxy groups -OCH3 is 1. The molecular weight excluding hydrogens is 305 g/mol. The molecule has 7 atom stereocenters. The summed E-state index contributed by atoms with van der Waals surface area (Å²) in [7, 11) is 1.40. The van der Waals surface area contributed by atoms with E-state index in [0.29, 0.717) is 32.3 Å². The lowest BCUT2D eigenvalue weighted by Crippen LogP contribution is -2.48. The van der Waals surface area contributed by atoms with Crippen molar-refractivity contribution in [1.29, 1.82) is 0 Å². The molecule has 134 valence electrons. The fourth-order valence-electron chi connectivity index (χ4n) is 3.98. The SMILES string of the molecule is CCC=CCOC1CCC(C2CCC(OC)C(F)C2F)C(F)C1. The fourth-order valence-corrected chi connectivity index (χ4v) is 3.98. The number of hydrogen-bond donors (Lipinski definition) is 0. The van der Waals surface area contributed by atoms with E-state index in [1.54, 1.807) is 0 Å². The molecule has 0 aliphatic heterocycles. The van der Waals surface area contributed by atoms with Crippen LogP contribution >= 0.6 is 0 Å². The lowest BCUT2D eigenvalue weighted by molar-refractivity contribution is -0.0902. The minimum absolute atomic E-state index is 0.114. The molecule has 0 N–H and O–H groups in total. The summed E-state index contributed by atoms with van der Waals surface area (Å²) < 4.78 is 53.6. The van der Waals surface area contributed by atoms with Gasteiger partial charge in [0.25, 0.3) is 0 Å². The molecule has 0 bridgehead atoms. The molecule has 2 nitrogen and oxygen atoms in total. The first-order chi connectivity index (χ1) is 11.1. The van der Waals surface area contributed by atoms with Gasteiger partial charge < -0.3 is 9.47 Å². The van der Waals surface area contributed by atoms with Crippen LogP contribution in [-0.2, 0) is 9.47 Å². The highest BCUT2D eigenvalue weighted by molar-refractivity contribution is 4.96. The van der Waals surface area contributed by atoms with E-state index < -0.39 is 36.5 Å². The van der Waals surface area contributed by atoms with Crippen LogP contribution in [0, 0.1) is 11.8 Å². The first-order valence-electron chi connectivity index (χ1n) is 8.80. The van der Waals surface area contributed by atoms with Crippen LogP contribution in [0.25, 0.3) is 0 Å². The molecular formula is C18H29F3O2. The molecule has 7 unspecified atom stereocenters. The van der Waals surface area contributed by atoms with E-state index in [9.17, 15) is 13.2 Å². The molecule has 0 heterocycles. The van der Waals surface area contributed by atoms with Crippen molar-refractivity contribution in [2.24, 2.45) is 11.8 Å². The Kier molecular flexibility index (Phi) is 7.41. The summed E-state index contributed by atoms with van der Waals surface area (Å²) in [5.41, 5.74) is 0. The highest BCUT2D eigenvalue weighted by atomic mass is 19.2. The summed E-state index contributed by atoms with van der Waals surface area (Å²) in [6, 6.07) is 0. The maximum atomic E-state index is 14.5. The molecule has 23 heavy (non-hydrogen) atoms. The lowest BCUT2D eigenvalue weighted by Gasteiger charge is -2.42. The number of halogens is 3. The number of alkyl halides is 3. The van der Waals surface area contributed by atoms with Crippen LogP contribution in [0.2, 0.25) is 0 Å². The number of hydrogen-bond acceptors (Lipinski definition) is 2. The molecule has 0 amide bonds.